The normalized spacial score (nSPS) is 20.5. The van der Waals surface area contributed by atoms with Crippen LogP contribution in [0.3, 0.4) is 0 Å². The molecule has 1 aliphatic heterocycles. The van der Waals surface area contributed by atoms with E-state index in [9.17, 15) is 4.79 Å². The number of likely N-dealkylation sites (tertiary alicyclic amines) is 1. The van der Waals surface area contributed by atoms with Crippen LogP contribution in [0.25, 0.3) is 0 Å². The fraction of sp³-hybridized carbons (Fsp3) is 0.462. The molecule has 1 saturated heterocycles. The lowest BCUT2D eigenvalue weighted by molar-refractivity contribution is -0.122. The van der Waals surface area contributed by atoms with Crippen LogP contribution in [0, 0.1) is 3.57 Å². The quantitative estimate of drug-likeness (QED) is 0.853. The van der Waals surface area contributed by atoms with Crippen molar-refractivity contribution in [1.82, 2.24) is 10.2 Å². The molecule has 0 bridgehead atoms. The number of halogens is 1. The molecule has 1 fully saturated rings. The summed E-state index contributed by atoms with van der Waals surface area (Å²) in [6.45, 7) is 1.52. The van der Waals surface area contributed by atoms with Gasteiger partial charge >= 0.3 is 0 Å². The fourth-order valence-electron chi connectivity index (χ4n) is 2.38. The Bertz CT molecular complexity index is 408. The molecule has 1 atom stereocenters. The molecule has 1 amide bonds. The van der Waals surface area contributed by atoms with Gasteiger partial charge in [0.2, 0.25) is 5.91 Å². The number of nitrogens with zero attached hydrogens (tertiary/aromatic N) is 1. The van der Waals surface area contributed by atoms with Crippen LogP contribution in [0.1, 0.15) is 24.4 Å². The van der Waals surface area contributed by atoms with E-state index in [2.05, 4.69) is 57.1 Å². The average Bonchev–Trinajstić information content (AvgIpc) is 2.77. The molecular formula is C13H17IN2O. The van der Waals surface area contributed by atoms with Crippen molar-refractivity contribution in [3.63, 3.8) is 0 Å². The van der Waals surface area contributed by atoms with Crippen LogP contribution in [0.2, 0.25) is 0 Å². The number of hydrogen-bond acceptors (Lipinski definition) is 2. The lowest BCUT2D eigenvalue weighted by atomic mass is 10.0. The molecule has 1 aliphatic rings. The molecule has 92 valence electrons. The predicted molar refractivity (Wildman–Crippen MR) is 76.8 cm³/mol. The van der Waals surface area contributed by atoms with Gasteiger partial charge in [0.25, 0.3) is 0 Å². The van der Waals surface area contributed by atoms with Crippen molar-refractivity contribution in [2.45, 2.75) is 18.9 Å². The first-order chi connectivity index (χ1) is 8.22. The lowest BCUT2D eigenvalue weighted by Gasteiger charge is -2.24. The number of carbonyl (C=O) groups is 1. The van der Waals surface area contributed by atoms with E-state index >= 15 is 0 Å². The van der Waals surface area contributed by atoms with Crippen molar-refractivity contribution in [3.8, 4) is 0 Å². The molecule has 0 spiro atoms. The third kappa shape index (κ3) is 2.98. The van der Waals surface area contributed by atoms with E-state index in [0.29, 0.717) is 12.6 Å². The van der Waals surface area contributed by atoms with Crippen molar-refractivity contribution < 1.29 is 4.79 Å². The Labute approximate surface area is 116 Å². The molecule has 3 nitrogen and oxygen atoms in total. The molecule has 1 aromatic carbocycles. The van der Waals surface area contributed by atoms with Crippen LogP contribution in [0.5, 0.6) is 0 Å². The van der Waals surface area contributed by atoms with E-state index in [1.165, 1.54) is 15.6 Å². The Balaban J connectivity index is 2.14. The molecule has 0 aliphatic carbocycles. The molecule has 1 aromatic rings. The van der Waals surface area contributed by atoms with Crippen molar-refractivity contribution in [1.29, 1.82) is 0 Å². The van der Waals surface area contributed by atoms with Crippen molar-refractivity contribution >= 4 is 28.5 Å². The summed E-state index contributed by atoms with van der Waals surface area (Å²) >= 11 is 2.38. The molecule has 17 heavy (non-hydrogen) atoms. The highest BCUT2D eigenvalue weighted by Gasteiger charge is 2.28. The summed E-state index contributed by atoms with van der Waals surface area (Å²) in [7, 11) is 1.69. The SMILES string of the molecule is CNC(=O)CN1CCCC1c1ccccc1I. The summed E-state index contributed by atoms with van der Waals surface area (Å²) in [5, 5.41) is 2.70. The maximum absolute atomic E-state index is 11.5. The third-order valence-corrected chi connectivity index (χ3v) is 4.24. The molecular weight excluding hydrogens is 327 g/mol. The minimum Gasteiger partial charge on any atom is -0.358 e. The van der Waals surface area contributed by atoms with Crippen LogP contribution in [0.4, 0.5) is 0 Å². The average molecular weight is 344 g/mol. The van der Waals surface area contributed by atoms with Gasteiger partial charge < -0.3 is 5.32 Å². The van der Waals surface area contributed by atoms with E-state index in [-0.39, 0.29) is 5.91 Å². The van der Waals surface area contributed by atoms with Gasteiger partial charge in [0, 0.05) is 16.7 Å². The number of likely N-dealkylation sites (N-methyl/N-ethyl adjacent to an activating group) is 1. The van der Waals surface area contributed by atoms with Gasteiger partial charge in [-0.05, 0) is 53.6 Å². The van der Waals surface area contributed by atoms with Gasteiger partial charge in [-0.2, -0.15) is 0 Å². The van der Waals surface area contributed by atoms with E-state index in [1.807, 2.05) is 0 Å². The summed E-state index contributed by atoms with van der Waals surface area (Å²) < 4.78 is 1.29. The first kappa shape index (κ1) is 12.8. The molecule has 1 N–H and O–H groups in total. The number of carbonyl (C=O) groups excluding carboxylic acids is 1. The fourth-order valence-corrected chi connectivity index (χ4v) is 3.12. The molecule has 0 saturated carbocycles. The van der Waals surface area contributed by atoms with Gasteiger partial charge in [-0.3, -0.25) is 9.69 Å². The monoisotopic (exact) mass is 344 g/mol. The van der Waals surface area contributed by atoms with Gasteiger partial charge in [-0.1, -0.05) is 18.2 Å². The second-order valence-corrected chi connectivity index (χ2v) is 5.49. The summed E-state index contributed by atoms with van der Waals surface area (Å²) in [6, 6.07) is 8.85. The lowest BCUT2D eigenvalue weighted by Crippen LogP contribution is -2.35. The number of nitrogens with one attached hydrogen (secondary N) is 1. The predicted octanol–water partition coefficient (Wildman–Crippen LogP) is 2.17. The Morgan fingerprint density at radius 2 is 2.29 bits per heavy atom. The summed E-state index contributed by atoms with van der Waals surface area (Å²) in [4.78, 5) is 13.7. The van der Waals surface area contributed by atoms with Gasteiger partial charge in [-0.15, -0.1) is 0 Å². The molecule has 4 heteroatoms. The largest absolute Gasteiger partial charge is 0.358 e. The van der Waals surface area contributed by atoms with Crippen molar-refractivity contribution in [3.05, 3.63) is 33.4 Å². The zero-order valence-electron chi connectivity index (χ0n) is 9.95. The third-order valence-electron chi connectivity index (χ3n) is 3.25. The summed E-state index contributed by atoms with van der Waals surface area (Å²) in [5.41, 5.74) is 1.36. The smallest absolute Gasteiger partial charge is 0.233 e. The van der Waals surface area contributed by atoms with Crippen molar-refractivity contribution in [2.75, 3.05) is 20.1 Å². The number of amides is 1. The summed E-state index contributed by atoms with van der Waals surface area (Å²) in [6.07, 6.45) is 2.32. The zero-order chi connectivity index (χ0) is 12.3. The van der Waals surface area contributed by atoms with Crippen LogP contribution in [-0.2, 0) is 4.79 Å². The Hall–Kier alpha value is -0.620. The molecule has 1 unspecified atom stereocenters. The topological polar surface area (TPSA) is 32.3 Å². The first-order valence-corrected chi connectivity index (χ1v) is 6.99. The molecule has 1 heterocycles. The minimum atomic E-state index is 0.0999. The highest BCUT2D eigenvalue weighted by atomic mass is 127. The maximum Gasteiger partial charge on any atom is 0.233 e. The summed E-state index contributed by atoms with van der Waals surface area (Å²) in [5.74, 6) is 0.0999. The van der Waals surface area contributed by atoms with Crippen LogP contribution in [0.15, 0.2) is 24.3 Å². The van der Waals surface area contributed by atoms with E-state index < -0.39 is 0 Å². The van der Waals surface area contributed by atoms with Crippen LogP contribution < -0.4 is 5.32 Å². The van der Waals surface area contributed by atoms with Gasteiger partial charge in [0.15, 0.2) is 0 Å². The van der Waals surface area contributed by atoms with Crippen LogP contribution >= 0.6 is 22.6 Å². The van der Waals surface area contributed by atoms with Gasteiger partial charge in [-0.25, -0.2) is 0 Å². The standard InChI is InChI=1S/C13H17IN2O/c1-15-13(17)9-16-8-4-7-12(16)10-5-2-3-6-11(10)14/h2-3,5-6,12H,4,7-9H2,1H3,(H,15,17). The molecule has 0 radical (unpaired) electrons. The zero-order valence-corrected chi connectivity index (χ0v) is 12.1. The number of hydrogen-bond donors (Lipinski definition) is 1. The molecule has 0 aromatic heterocycles. The second-order valence-electron chi connectivity index (χ2n) is 4.32. The minimum absolute atomic E-state index is 0.0999. The Kier molecular flexibility index (Phi) is 4.39. The van der Waals surface area contributed by atoms with E-state index in [1.54, 1.807) is 7.05 Å². The molecule has 2 rings (SSSR count). The number of rotatable bonds is 3. The van der Waals surface area contributed by atoms with Crippen molar-refractivity contribution in [2.24, 2.45) is 0 Å². The van der Waals surface area contributed by atoms with Gasteiger partial charge in [0.1, 0.15) is 0 Å². The first-order valence-electron chi connectivity index (χ1n) is 5.91. The Morgan fingerprint density at radius 1 is 1.53 bits per heavy atom. The Morgan fingerprint density at radius 3 is 3.00 bits per heavy atom. The second kappa shape index (κ2) is 5.82. The van der Waals surface area contributed by atoms with E-state index in [4.69, 9.17) is 0 Å². The van der Waals surface area contributed by atoms with Crippen LogP contribution in [-0.4, -0.2) is 30.9 Å². The maximum atomic E-state index is 11.5. The van der Waals surface area contributed by atoms with Gasteiger partial charge in [0.05, 0.1) is 6.54 Å². The van der Waals surface area contributed by atoms with E-state index in [0.717, 1.165) is 13.0 Å². The highest BCUT2D eigenvalue weighted by molar-refractivity contribution is 14.1. The highest BCUT2D eigenvalue weighted by Crippen LogP contribution is 2.33. The number of benzene rings is 1.